The van der Waals surface area contributed by atoms with Crippen molar-refractivity contribution in [3.8, 4) is 5.75 Å². The van der Waals surface area contributed by atoms with Crippen molar-refractivity contribution in [2.45, 2.75) is 12.5 Å². The lowest BCUT2D eigenvalue weighted by molar-refractivity contribution is 0.146. The Morgan fingerprint density at radius 2 is 2.20 bits per heavy atom. The van der Waals surface area contributed by atoms with Gasteiger partial charge in [-0.2, -0.15) is 0 Å². The van der Waals surface area contributed by atoms with E-state index in [0.717, 1.165) is 21.7 Å². The Bertz CT molecular complexity index is 914. The molecule has 128 valence electrons. The fraction of sp³-hybridized carbons (Fsp3) is 0.235. The van der Waals surface area contributed by atoms with E-state index in [4.69, 9.17) is 9.84 Å². The van der Waals surface area contributed by atoms with Crippen molar-refractivity contribution < 1.29 is 14.6 Å². The van der Waals surface area contributed by atoms with E-state index in [1.54, 1.807) is 11.3 Å². The number of aromatic nitrogens is 2. The van der Waals surface area contributed by atoms with Crippen LogP contribution in [0.25, 0.3) is 10.2 Å². The first kappa shape index (κ1) is 15.6. The molecule has 0 radical (unpaired) electrons. The summed E-state index contributed by atoms with van der Waals surface area (Å²) >= 11 is 1.56. The van der Waals surface area contributed by atoms with Gasteiger partial charge in [-0.05, 0) is 23.6 Å². The highest BCUT2D eigenvalue weighted by Crippen LogP contribution is 2.32. The third kappa shape index (κ3) is 3.20. The minimum Gasteiger partial charge on any atom is -0.486 e. The number of fused-ring (bicyclic) bond motifs is 1. The molecule has 4 rings (SSSR count). The van der Waals surface area contributed by atoms with Crippen LogP contribution < -0.4 is 10.1 Å². The first-order valence-electron chi connectivity index (χ1n) is 7.89. The molecule has 1 fully saturated rings. The molecule has 25 heavy (non-hydrogen) atoms. The number of benzene rings is 1. The maximum absolute atomic E-state index is 11.1. The molecule has 1 atom stereocenters. The van der Waals surface area contributed by atoms with Crippen LogP contribution in [-0.4, -0.2) is 45.3 Å². The average Bonchev–Trinajstić information content (AvgIpc) is 3.26. The first-order chi connectivity index (χ1) is 12.2. The molecular formula is C17H16N4O3S. The van der Waals surface area contributed by atoms with Gasteiger partial charge in [-0.3, -0.25) is 0 Å². The van der Waals surface area contributed by atoms with Crippen molar-refractivity contribution in [2.75, 3.05) is 18.4 Å². The van der Waals surface area contributed by atoms with Gasteiger partial charge in [0.2, 0.25) is 0 Å². The molecule has 2 N–H and O–H groups in total. The summed E-state index contributed by atoms with van der Waals surface area (Å²) in [5, 5.41) is 15.3. The molecule has 3 aromatic rings. The fourth-order valence-corrected chi connectivity index (χ4v) is 3.60. The van der Waals surface area contributed by atoms with Gasteiger partial charge in [0.05, 0.1) is 17.6 Å². The quantitative estimate of drug-likeness (QED) is 0.743. The zero-order valence-corrected chi connectivity index (χ0v) is 14.1. The van der Waals surface area contributed by atoms with Crippen molar-refractivity contribution in [3.63, 3.8) is 0 Å². The molecule has 0 saturated carbocycles. The molecule has 0 spiro atoms. The normalized spacial score (nSPS) is 17.0. The Hall–Kier alpha value is -2.87. The predicted molar refractivity (Wildman–Crippen MR) is 95.8 cm³/mol. The summed E-state index contributed by atoms with van der Waals surface area (Å²) in [6.07, 6.45) is 1.17. The van der Waals surface area contributed by atoms with Gasteiger partial charge in [-0.25, -0.2) is 14.8 Å². The van der Waals surface area contributed by atoms with E-state index >= 15 is 0 Å². The Labute approximate surface area is 147 Å². The first-order valence-corrected chi connectivity index (χ1v) is 8.77. The van der Waals surface area contributed by atoms with E-state index in [2.05, 4.69) is 15.3 Å². The molecule has 0 aliphatic carbocycles. The van der Waals surface area contributed by atoms with Gasteiger partial charge in [-0.15, -0.1) is 11.3 Å². The zero-order chi connectivity index (χ0) is 17.2. The van der Waals surface area contributed by atoms with E-state index < -0.39 is 6.09 Å². The van der Waals surface area contributed by atoms with E-state index in [0.29, 0.717) is 25.3 Å². The van der Waals surface area contributed by atoms with Crippen LogP contribution in [0.4, 0.5) is 16.3 Å². The van der Waals surface area contributed by atoms with E-state index in [1.165, 1.54) is 11.2 Å². The van der Waals surface area contributed by atoms with Crippen LogP contribution >= 0.6 is 11.3 Å². The largest absolute Gasteiger partial charge is 0.486 e. The Balaban J connectivity index is 1.55. The molecule has 1 aliphatic rings. The van der Waals surface area contributed by atoms with E-state index in [-0.39, 0.29) is 6.10 Å². The summed E-state index contributed by atoms with van der Waals surface area (Å²) in [5.74, 6) is 1.41. The molecule has 2 aromatic heterocycles. The number of anilines is 2. The van der Waals surface area contributed by atoms with Gasteiger partial charge < -0.3 is 20.1 Å². The highest BCUT2D eigenvalue weighted by atomic mass is 32.1. The Kier molecular flexibility index (Phi) is 4.10. The lowest BCUT2D eigenvalue weighted by Gasteiger charge is -2.17. The van der Waals surface area contributed by atoms with Crippen LogP contribution in [0.15, 0.2) is 42.0 Å². The number of thiophene rings is 1. The molecular weight excluding hydrogens is 340 g/mol. The lowest BCUT2D eigenvalue weighted by Crippen LogP contribution is -2.29. The van der Waals surface area contributed by atoms with Gasteiger partial charge in [0.15, 0.2) is 0 Å². The molecule has 3 heterocycles. The monoisotopic (exact) mass is 356 g/mol. The molecule has 1 amide bonds. The van der Waals surface area contributed by atoms with Gasteiger partial charge >= 0.3 is 6.09 Å². The molecule has 1 unspecified atom stereocenters. The van der Waals surface area contributed by atoms with Crippen molar-refractivity contribution in [1.29, 1.82) is 0 Å². The second-order valence-corrected chi connectivity index (χ2v) is 6.63. The number of nitrogens with zero attached hydrogens (tertiary/aromatic N) is 3. The number of nitrogens with one attached hydrogen (secondary N) is 1. The van der Waals surface area contributed by atoms with Gasteiger partial charge in [0.25, 0.3) is 0 Å². The molecule has 0 bridgehead atoms. The number of likely N-dealkylation sites (tertiary alicyclic amines) is 1. The Morgan fingerprint density at radius 3 is 3.04 bits per heavy atom. The Morgan fingerprint density at radius 1 is 1.32 bits per heavy atom. The average molecular weight is 356 g/mol. The second-order valence-electron chi connectivity index (χ2n) is 5.74. The number of ether oxygens (including phenoxy) is 1. The summed E-state index contributed by atoms with van der Waals surface area (Å²) in [7, 11) is 0. The SMILES string of the molecule is O=C(O)N1CCC(Oc2ccccc2Nc2ncnc3sccc23)C1. The lowest BCUT2D eigenvalue weighted by atomic mass is 10.2. The summed E-state index contributed by atoms with van der Waals surface area (Å²) in [6, 6.07) is 9.58. The molecule has 1 aliphatic heterocycles. The van der Waals surface area contributed by atoms with Crippen molar-refractivity contribution in [1.82, 2.24) is 14.9 Å². The number of para-hydroxylation sites is 2. The van der Waals surface area contributed by atoms with E-state index in [9.17, 15) is 4.79 Å². The van der Waals surface area contributed by atoms with Crippen LogP contribution in [0, 0.1) is 0 Å². The maximum Gasteiger partial charge on any atom is 0.407 e. The fourth-order valence-electron chi connectivity index (χ4n) is 2.87. The number of amides is 1. The molecule has 1 saturated heterocycles. The zero-order valence-electron chi connectivity index (χ0n) is 13.3. The van der Waals surface area contributed by atoms with Crippen molar-refractivity contribution >= 4 is 39.2 Å². The van der Waals surface area contributed by atoms with Crippen molar-refractivity contribution in [3.05, 3.63) is 42.0 Å². The maximum atomic E-state index is 11.1. The number of carbonyl (C=O) groups is 1. The summed E-state index contributed by atoms with van der Waals surface area (Å²) in [4.78, 5) is 21.9. The number of hydrogen-bond donors (Lipinski definition) is 2. The molecule has 7 nitrogen and oxygen atoms in total. The number of hydrogen-bond acceptors (Lipinski definition) is 6. The minimum absolute atomic E-state index is 0.148. The second kappa shape index (κ2) is 6.56. The third-order valence-corrected chi connectivity index (χ3v) is 4.93. The standard InChI is InChI=1S/C17H16N4O3S/c22-17(23)21-7-5-11(9-21)24-14-4-2-1-3-13(14)20-15-12-6-8-25-16(12)19-10-18-15/h1-4,6,8,10-11H,5,7,9H2,(H,22,23)(H,18,19,20). The number of carboxylic acid groups (broad SMARTS) is 1. The van der Waals surface area contributed by atoms with Gasteiger partial charge in [-0.1, -0.05) is 12.1 Å². The van der Waals surface area contributed by atoms with Crippen LogP contribution in [0.3, 0.4) is 0 Å². The minimum atomic E-state index is -0.904. The van der Waals surface area contributed by atoms with E-state index in [1.807, 2.05) is 35.7 Å². The highest BCUT2D eigenvalue weighted by molar-refractivity contribution is 7.16. The van der Waals surface area contributed by atoms with Crippen LogP contribution in [0.1, 0.15) is 6.42 Å². The topological polar surface area (TPSA) is 87.6 Å². The summed E-state index contributed by atoms with van der Waals surface area (Å²) < 4.78 is 6.04. The van der Waals surface area contributed by atoms with Crippen LogP contribution in [0.2, 0.25) is 0 Å². The molecule has 1 aromatic carbocycles. The molecule has 8 heteroatoms. The van der Waals surface area contributed by atoms with Crippen LogP contribution in [0.5, 0.6) is 5.75 Å². The van der Waals surface area contributed by atoms with Crippen LogP contribution in [-0.2, 0) is 0 Å². The van der Waals surface area contributed by atoms with Crippen molar-refractivity contribution in [2.24, 2.45) is 0 Å². The summed E-state index contributed by atoms with van der Waals surface area (Å²) in [6.45, 7) is 0.878. The van der Waals surface area contributed by atoms with Gasteiger partial charge in [0.1, 0.15) is 28.8 Å². The number of rotatable bonds is 4. The highest BCUT2D eigenvalue weighted by Gasteiger charge is 2.27. The smallest absolute Gasteiger partial charge is 0.407 e. The third-order valence-electron chi connectivity index (χ3n) is 4.11. The predicted octanol–water partition coefficient (Wildman–Crippen LogP) is 3.57. The van der Waals surface area contributed by atoms with Gasteiger partial charge in [0, 0.05) is 13.0 Å². The summed E-state index contributed by atoms with van der Waals surface area (Å²) in [5.41, 5.74) is 0.794.